The van der Waals surface area contributed by atoms with Crippen LogP contribution in [0.25, 0.3) is 0 Å². The molecule has 0 spiro atoms. The zero-order valence-electron chi connectivity index (χ0n) is 14.5. The smallest absolute Gasteiger partial charge is 0.438 e. The molecule has 0 saturated heterocycles. The van der Waals surface area contributed by atoms with Gasteiger partial charge in [-0.05, 0) is 25.0 Å². The van der Waals surface area contributed by atoms with Crippen LogP contribution in [0.5, 0.6) is 11.5 Å². The van der Waals surface area contributed by atoms with Crippen molar-refractivity contribution >= 4 is 11.6 Å². The molecular weight excluding hydrogens is 353 g/mol. The molecule has 1 aromatic rings. The molecule has 0 fully saturated rings. The van der Waals surface area contributed by atoms with E-state index >= 15 is 0 Å². The average molecular weight is 374 g/mol. The van der Waals surface area contributed by atoms with Gasteiger partial charge in [0.25, 0.3) is 11.6 Å². The molecule has 1 N–H and O–H groups in total. The minimum Gasteiger partial charge on any atom is -0.493 e. The van der Waals surface area contributed by atoms with Gasteiger partial charge in [-0.1, -0.05) is 25.5 Å². The van der Waals surface area contributed by atoms with Gasteiger partial charge in [0.1, 0.15) is 0 Å². The lowest BCUT2D eigenvalue weighted by Crippen LogP contribution is -2.57. The van der Waals surface area contributed by atoms with E-state index in [0.717, 1.165) is 6.42 Å². The number of benzene rings is 1. The Morgan fingerprint density at radius 2 is 2.00 bits per heavy atom. The Morgan fingerprint density at radius 1 is 1.35 bits per heavy atom. The van der Waals surface area contributed by atoms with Crippen molar-refractivity contribution in [3.63, 3.8) is 0 Å². The van der Waals surface area contributed by atoms with Gasteiger partial charge in [0.15, 0.2) is 18.1 Å². The number of para-hydroxylation sites is 2. The molecule has 144 valence electrons. The Morgan fingerprint density at radius 3 is 2.58 bits per heavy atom. The van der Waals surface area contributed by atoms with Crippen LogP contribution in [-0.2, 0) is 4.79 Å². The predicted octanol–water partition coefficient (Wildman–Crippen LogP) is 3.10. The van der Waals surface area contributed by atoms with Crippen LogP contribution < -0.4 is 9.47 Å². The van der Waals surface area contributed by atoms with Crippen LogP contribution in [0.3, 0.4) is 0 Å². The molecule has 1 amide bonds. The average Bonchev–Trinajstić information content (AvgIpc) is 2.96. The number of aliphatic hydroxyl groups is 1. The van der Waals surface area contributed by atoms with Gasteiger partial charge in [0.05, 0.1) is 7.11 Å². The maximum atomic E-state index is 13.4. The molecule has 1 aromatic carbocycles. The van der Waals surface area contributed by atoms with Crippen molar-refractivity contribution in [1.29, 1.82) is 0 Å². The first-order chi connectivity index (χ1) is 12.2. The van der Waals surface area contributed by atoms with Gasteiger partial charge in [0.2, 0.25) is 0 Å². The van der Waals surface area contributed by atoms with Gasteiger partial charge in [-0.2, -0.15) is 23.3 Å². The number of hydrogen-bond donors (Lipinski definition) is 1. The third-order valence-electron chi connectivity index (χ3n) is 3.97. The van der Waals surface area contributed by atoms with E-state index in [2.05, 4.69) is 5.10 Å². The molecule has 9 heteroatoms. The number of rotatable bonds is 7. The zero-order valence-corrected chi connectivity index (χ0v) is 14.5. The molecule has 1 heterocycles. The summed E-state index contributed by atoms with van der Waals surface area (Å²) in [4.78, 5) is 12.3. The fourth-order valence-electron chi connectivity index (χ4n) is 2.56. The summed E-state index contributed by atoms with van der Waals surface area (Å²) in [5.41, 5.74) is -3.21. The Hall–Kier alpha value is -2.29. The van der Waals surface area contributed by atoms with Gasteiger partial charge < -0.3 is 14.6 Å². The Labute approximate surface area is 149 Å². The van der Waals surface area contributed by atoms with E-state index < -0.39 is 30.8 Å². The van der Waals surface area contributed by atoms with Crippen molar-refractivity contribution in [3.8, 4) is 11.5 Å². The van der Waals surface area contributed by atoms with Crippen LogP contribution in [0.15, 0.2) is 29.4 Å². The number of unbranched alkanes of at least 4 members (excludes halogenated alkanes) is 1. The van der Waals surface area contributed by atoms with Crippen molar-refractivity contribution in [3.05, 3.63) is 24.3 Å². The minimum absolute atomic E-state index is 0.0907. The summed E-state index contributed by atoms with van der Waals surface area (Å²) < 4.78 is 50.4. The van der Waals surface area contributed by atoms with Crippen LogP contribution in [0.4, 0.5) is 13.2 Å². The van der Waals surface area contributed by atoms with Crippen molar-refractivity contribution < 1.29 is 32.5 Å². The normalized spacial score (nSPS) is 20.1. The summed E-state index contributed by atoms with van der Waals surface area (Å²) in [6, 6.07) is 6.41. The van der Waals surface area contributed by atoms with Crippen LogP contribution in [0.2, 0.25) is 0 Å². The molecule has 1 unspecified atom stereocenters. The second kappa shape index (κ2) is 7.94. The number of carbonyl (C=O) groups is 1. The Kier molecular flexibility index (Phi) is 6.12. The first kappa shape index (κ1) is 20.0. The molecule has 0 saturated carbocycles. The molecule has 26 heavy (non-hydrogen) atoms. The highest BCUT2D eigenvalue weighted by Crippen LogP contribution is 2.41. The van der Waals surface area contributed by atoms with Crippen LogP contribution in [0.1, 0.15) is 32.6 Å². The number of ether oxygens (including phenoxy) is 2. The third-order valence-corrected chi connectivity index (χ3v) is 3.97. The molecule has 0 bridgehead atoms. The van der Waals surface area contributed by atoms with E-state index in [-0.39, 0.29) is 22.9 Å². The molecule has 1 aliphatic rings. The molecule has 0 radical (unpaired) electrons. The van der Waals surface area contributed by atoms with E-state index in [9.17, 15) is 23.1 Å². The number of alkyl halides is 3. The zero-order chi connectivity index (χ0) is 19.4. The van der Waals surface area contributed by atoms with Crippen molar-refractivity contribution in [2.24, 2.45) is 5.10 Å². The highest BCUT2D eigenvalue weighted by atomic mass is 19.4. The number of halogens is 3. The molecule has 1 atom stereocenters. The van der Waals surface area contributed by atoms with Crippen LogP contribution >= 0.6 is 0 Å². The second-order valence-electron chi connectivity index (χ2n) is 5.91. The van der Waals surface area contributed by atoms with E-state index in [1.165, 1.54) is 13.2 Å². The second-order valence-corrected chi connectivity index (χ2v) is 5.91. The summed E-state index contributed by atoms with van der Waals surface area (Å²) in [6.45, 7) is 1.17. The largest absolute Gasteiger partial charge is 0.493 e. The van der Waals surface area contributed by atoms with Crippen LogP contribution in [-0.4, -0.2) is 47.4 Å². The molecule has 6 nitrogen and oxygen atoms in total. The first-order valence-corrected chi connectivity index (χ1v) is 8.17. The van der Waals surface area contributed by atoms with Gasteiger partial charge in [-0.3, -0.25) is 4.79 Å². The number of hydrogen-bond acceptors (Lipinski definition) is 5. The number of amides is 1. The lowest BCUT2D eigenvalue weighted by atomic mass is 10.0. The SMILES string of the molecule is CCCCC1=NN(C(=O)COc2ccccc2OC)C(O)(C(F)(F)F)C1. The monoisotopic (exact) mass is 374 g/mol. The summed E-state index contributed by atoms with van der Waals surface area (Å²) in [5, 5.41) is 13.9. The van der Waals surface area contributed by atoms with E-state index in [0.29, 0.717) is 12.2 Å². The van der Waals surface area contributed by atoms with Gasteiger partial charge in [-0.15, -0.1) is 0 Å². The summed E-state index contributed by atoms with van der Waals surface area (Å²) in [6.07, 6.45) is -4.13. The van der Waals surface area contributed by atoms with Crippen molar-refractivity contribution in [1.82, 2.24) is 5.01 Å². The lowest BCUT2D eigenvalue weighted by molar-refractivity contribution is -0.302. The standard InChI is InChI=1S/C17H21F3N2O4/c1-3-4-7-12-10-16(24,17(18,19)20)22(21-12)15(23)11-26-14-9-6-5-8-13(14)25-2/h5-6,8-9,24H,3-4,7,10-11H2,1-2H3. The van der Waals surface area contributed by atoms with E-state index in [1.54, 1.807) is 18.2 Å². The van der Waals surface area contributed by atoms with Gasteiger partial charge >= 0.3 is 6.18 Å². The number of nitrogens with zero attached hydrogens (tertiary/aromatic N) is 2. The number of methoxy groups -OCH3 is 1. The maximum absolute atomic E-state index is 13.4. The fourth-order valence-corrected chi connectivity index (χ4v) is 2.56. The summed E-state index contributed by atoms with van der Waals surface area (Å²) in [7, 11) is 1.40. The Bertz CT molecular complexity index is 678. The lowest BCUT2D eigenvalue weighted by Gasteiger charge is -2.32. The van der Waals surface area contributed by atoms with Gasteiger partial charge in [-0.25, -0.2) is 0 Å². The Balaban J connectivity index is 2.16. The molecule has 1 aliphatic heterocycles. The summed E-state index contributed by atoms with van der Waals surface area (Å²) >= 11 is 0. The summed E-state index contributed by atoms with van der Waals surface area (Å²) in [5.74, 6) is -0.560. The van der Waals surface area contributed by atoms with Gasteiger partial charge in [0, 0.05) is 12.1 Å². The number of hydrazone groups is 1. The van der Waals surface area contributed by atoms with Crippen molar-refractivity contribution in [2.75, 3.05) is 13.7 Å². The molecule has 2 rings (SSSR count). The quantitative estimate of drug-likeness (QED) is 0.796. The molecule has 0 aliphatic carbocycles. The highest BCUT2D eigenvalue weighted by Gasteiger charge is 2.63. The first-order valence-electron chi connectivity index (χ1n) is 8.17. The third kappa shape index (κ3) is 4.09. The van der Waals surface area contributed by atoms with E-state index in [1.807, 2.05) is 6.92 Å². The van der Waals surface area contributed by atoms with Crippen LogP contribution in [0, 0.1) is 0 Å². The maximum Gasteiger partial charge on any atom is 0.438 e. The topological polar surface area (TPSA) is 71.4 Å². The highest BCUT2D eigenvalue weighted by molar-refractivity contribution is 5.91. The number of carbonyl (C=O) groups excluding carboxylic acids is 1. The molecule has 0 aromatic heterocycles. The van der Waals surface area contributed by atoms with Crippen molar-refractivity contribution in [2.45, 2.75) is 44.5 Å². The predicted molar refractivity (Wildman–Crippen MR) is 87.9 cm³/mol. The minimum atomic E-state index is -5.04. The fraction of sp³-hybridized carbons (Fsp3) is 0.529. The molecular formula is C17H21F3N2O4. The van der Waals surface area contributed by atoms with E-state index in [4.69, 9.17) is 9.47 Å².